The van der Waals surface area contributed by atoms with Crippen LogP contribution in [0.15, 0.2) is 18.2 Å². The van der Waals surface area contributed by atoms with Gasteiger partial charge in [0, 0.05) is 24.6 Å². The highest BCUT2D eigenvalue weighted by Crippen LogP contribution is 2.20. The van der Waals surface area contributed by atoms with E-state index in [1.54, 1.807) is 6.07 Å². The lowest BCUT2D eigenvalue weighted by Crippen LogP contribution is -2.22. The average Bonchev–Trinajstić information content (AvgIpc) is 2.29. The second-order valence-electron chi connectivity index (χ2n) is 4.18. The molecule has 0 aromatic heterocycles. The first-order valence-electron chi connectivity index (χ1n) is 5.84. The normalized spacial score (nSPS) is 10.9. The maximum Gasteiger partial charge on any atom is 0.123 e. The Hall–Kier alpha value is -1.16. The number of benzene rings is 1. The first-order valence-corrected chi connectivity index (χ1v) is 5.84. The lowest BCUT2D eigenvalue weighted by atomic mass is 10.2. The van der Waals surface area contributed by atoms with Crippen LogP contribution in [-0.4, -0.2) is 19.3 Å². The minimum Gasteiger partial charge on any atom is -0.493 e. The zero-order valence-corrected chi connectivity index (χ0v) is 10.3. The molecule has 1 aromatic rings. The number of alkyl halides is 1. The molecule has 0 amide bonds. The molecular formula is C13H19F2NO. The average molecular weight is 243 g/mol. The Morgan fingerprint density at radius 2 is 2.12 bits per heavy atom. The standard InChI is InChI=1S/C13H19F2NO/c1-10(2)16-9-11-8-12(15)4-5-13(11)17-7-3-6-14/h4-5,8,10,16H,3,6-7,9H2,1-2H3. The molecule has 0 aliphatic carbocycles. The first-order chi connectivity index (χ1) is 8.13. The van der Waals surface area contributed by atoms with Gasteiger partial charge in [-0.3, -0.25) is 4.39 Å². The maximum absolute atomic E-state index is 13.1. The number of nitrogens with one attached hydrogen (secondary N) is 1. The fourth-order valence-electron chi connectivity index (χ4n) is 1.38. The summed E-state index contributed by atoms with van der Waals surface area (Å²) in [6.07, 6.45) is 0.356. The van der Waals surface area contributed by atoms with E-state index in [0.717, 1.165) is 5.56 Å². The van der Waals surface area contributed by atoms with Crippen molar-refractivity contribution >= 4 is 0 Å². The van der Waals surface area contributed by atoms with E-state index in [1.807, 2.05) is 13.8 Å². The highest BCUT2D eigenvalue weighted by Gasteiger charge is 2.06. The van der Waals surface area contributed by atoms with E-state index in [0.29, 0.717) is 31.4 Å². The van der Waals surface area contributed by atoms with Crippen molar-refractivity contribution in [3.63, 3.8) is 0 Å². The van der Waals surface area contributed by atoms with Crippen molar-refractivity contribution in [1.82, 2.24) is 5.32 Å². The molecule has 0 aliphatic rings. The molecule has 96 valence electrons. The second kappa shape index (κ2) is 7.22. The quantitative estimate of drug-likeness (QED) is 0.743. The van der Waals surface area contributed by atoms with Crippen molar-refractivity contribution in [2.24, 2.45) is 0 Å². The summed E-state index contributed by atoms with van der Waals surface area (Å²) < 4.78 is 30.5. The molecule has 0 atom stereocenters. The Bertz CT molecular complexity index is 342. The summed E-state index contributed by atoms with van der Waals surface area (Å²) in [7, 11) is 0. The molecule has 0 unspecified atom stereocenters. The van der Waals surface area contributed by atoms with E-state index >= 15 is 0 Å². The monoisotopic (exact) mass is 243 g/mol. The number of ether oxygens (including phenoxy) is 1. The Labute approximate surface area is 101 Å². The van der Waals surface area contributed by atoms with Gasteiger partial charge < -0.3 is 10.1 Å². The van der Waals surface area contributed by atoms with E-state index in [9.17, 15) is 8.78 Å². The van der Waals surface area contributed by atoms with Gasteiger partial charge in [0.2, 0.25) is 0 Å². The van der Waals surface area contributed by atoms with Gasteiger partial charge in [-0.05, 0) is 18.2 Å². The minimum absolute atomic E-state index is 0.289. The predicted octanol–water partition coefficient (Wildman–Crippen LogP) is 3.06. The van der Waals surface area contributed by atoms with E-state index in [2.05, 4.69) is 5.32 Å². The number of halogens is 2. The van der Waals surface area contributed by atoms with Gasteiger partial charge in [-0.2, -0.15) is 0 Å². The van der Waals surface area contributed by atoms with Gasteiger partial charge in [-0.25, -0.2) is 4.39 Å². The van der Waals surface area contributed by atoms with Crippen LogP contribution in [0.1, 0.15) is 25.8 Å². The van der Waals surface area contributed by atoms with Crippen LogP contribution in [0, 0.1) is 5.82 Å². The molecule has 1 aromatic carbocycles. The Morgan fingerprint density at radius 1 is 1.35 bits per heavy atom. The Balaban J connectivity index is 2.66. The molecule has 0 fully saturated rings. The van der Waals surface area contributed by atoms with Gasteiger partial charge in [0.15, 0.2) is 0 Å². The molecule has 0 spiro atoms. The molecule has 1 rings (SSSR count). The van der Waals surface area contributed by atoms with Crippen LogP contribution in [0.2, 0.25) is 0 Å². The SMILES string of the molecule is CC(C)NCc1cc(F)ccc1OCCCF. The predicted molar refractivity (Wildman–Crippen MR) is 64.5 cm³/mol. The van der Waals surface area contributed by atoms with Crippen LogP contribution >= 0.6 is 0 Å². The molecule has 4 heteroatoms. The van der Waals surface area contributed by atoms with E-state index < -0.39 is 6.67 Å². The topological polar surface area (TPSA) is 21.3 Å². The molecule has 17 heavy (non-hydrogen) atoms. The summed E-state index contributed by atoms with van der Waals surface area (Å²) in [4.78, 5) is 0. The van der Waals surface area contributed by atoms with Crippen LogP contribution in [0.4, 0.5) is 8.78 Å². The third-order valence-corrected chi connectivity index (χ3v) is 2.26. The van der Waals surface area contributed by atoms with Gasteiger partial charge >= 0.3 is 0 Å². The number of hydrogen-bond acceptors (Lipinski definition) is 2. The van der Waals surface area contributed by atoms with Crippen molar-refractivity contribution in [3.05, 3.63) is 29.6 Å². The summed E-state index contributed by atoms with van der Waals surface area (Å²) in [5, 5.41) is 3.20. The molecule has 2 nitrogen and oxygen atoms in total. The zero-order valence-electron chi connectivity index (χ0n) is 10.3. The smallest absolute Gasteiger partial charge is 0.123 e. The molecule has 1 N–H and O–H groups in total. The molecule has 0 aliphatic heterocycles. The van der Waals surface area contributed by atoms with Gasteiger partial charge in [-0.15, -0.1) is 0 Å². The first kappa shape index (κ1) is 13.9. The largest absolute Gasteiger partial charge is 0.493 e. The number of rotatable bonds is 7. The highest BCUT2D eigenvalue weighted by atomic mass is 19.1. The summed E-state index contributed by atoms with van der Waals surface area (Å²) in [6.45, 7) is 4.49. The van der Waals surface area contributed by atoms with Crippen LogP contribution in [0.5, 0.6) is 5.75 Å². The third kappa shape index (κ3) is 5.13. The lowest BCUT2D eigenvalue weighted by molar-refractivity contribution is 0.286. The van der Waals surface area contributed by atoms with Crippen LogP contribution < -0.4 is 10.1 Å². The summed E-state index contributed by atoms with van der Waals surface area (Å²) in [5.74, 6) is 0.330. The fraction of sp³-hybridized carbons (Fsp3) is 0.538. The van der Waals surface area contributed by atoms with Crippen LogP contribution in [0.3, 0.4) is 0 Å². The van der Waals surface area contributed by atoms with Crippen LogP contribution in [0.25, 0.3) is 0 Å². The second-order valence-corrected chi connectivity index (χ2v) is 4.18. The van der Waals surface area contributed by atoms with Gasteiger partial charge in [0.25, 0.3) is 0 Å². The van der Waals surface area contributed by atoms with Gasteiger partial charge in [-0.1, -0.05) is 13.8 Å². The van der Waals surface area contributed by atoms with E-state index in [1.165, 1.54) is 12.1 Å². The minimum atomic E-state index is -0.402. The highest BCUT2D eigenvalue weighted by molar-refractivity contribution is 5.33. The molecule has 0 saturated carbocycles. The van der Waals surface area contributed by atoms with Crippen LogP contribution in [-0.2, 0) is 6.54 Å². The van der Waals surface area contributed by atoms with Crippen molar-refractivity contribution < 1.29 is 13.5 Å². The molecule has 0 heterocycles. The maximum atomic E-state index is 13.1. The zero-order chi connectivity index (χ0) is 12.7. The number of hydrogen-bond donors (Lipinski definition) is 1. The van der Waals surface area contributed by atoms with E-state index in [-0.39, 0.29) is 5.82 Å². The van der Waals surface area contributed by atoms with Crippen molar-refractivity contribution in [2.75, 3.05) is 13.3 Å². The van der Waals surface area contributed by atoms with Crippen molar-refractivity contribution in [3.8, 4) is 5.75 Å². The third-order valence-electron chi connectivity index (χ3n) is 2.26. The fourth-order valence-corrected chi connectivity index (χ4v) is 1.38. The molecular weight excluding hydrogens is 224 g/mol. The van der Waals surface area contributed by atoms with E-state index in [4.69, 9.17) is 4.74 Å². The molecule has 0 radical (unpaired) electrons. The molecule has 0 bridgehead atoms. The Kier molecular flexibility index (Phi) is 5.91. The lowest BCUT2D eigenvalue weighted by Gasteiger charge is -2.13. The summed E-state index contributed by atoms with van der Waals surface area (Å²) in [5.41, 5.74) is 0.762. The molecule has 0 saturated heterocycles. The summed E-state index contributed by atoms with van der Waals surface area (Å²) in [6, 6.07) is 4.70. The van der Waals surface area contributed by atoms with Gasteiger partial charge in [0.05, 0.1) is 13.3 Å². The summed E-state index contributed by atoms with van der Waals surface area (Å²) >= 11 is 0. The van der Waals surface area contributed by atoms with Gasteiger partial charge in [0.1, 0.15) is 11.6 Å². The Morgan fingerprint density at radius 3 is 2.76 bits per heavy atom. The van der Waals surface area contributed by atoms with Crippen molar-refractivity contribution in [2.45, 2.75) is 32.9 Å². The van der Waals surface area contributed by atoms with Crippen molar-refractivity contribution in [1.29, 1.82) is 0 Å².